The Bertz CT molecular complexity index is 892. The van der Waals surface area contributed by atoms with Crippen LogP contribution in [-0.2, 0) is 11.3 Å². The number of benzene rings is 1. The largest absolute Gasteiger partial charge is 0.494 e. The van der Waals surface area contributed by atoms with Gasteiger partial charge in [0.05, 0.1) is 29.1 Å². The average molecular weight is 377 g/mol. The van der Waals surface area contributed by atoms with Gasteiger partial charge in [0, 0.05) is 6.42 Å². The van der Waals surface area contributed by atoms with Crippen LogP contribution in [0.3, 0.4) is 0 Å². The Morgan fingerprint density at radius 2 is 1.96 bits per heavy atom. The van der Waals surface area contributed by atoms with Crippen molar-refractivity contribution in [1.29, 1.82) is 0 Å². The Morgan fingerprint density at radius 3 is 2.52 bits per heavy atom. The summed E-state index contributed by atoms with van der Waals surface area (Å²) in [5.41, 5.74) is 0.291. The molecule has 1 heterocycles. The second kappa shape index (κ2) is 8.25. The number of aromatic nitrogens is 2. The maximum atomic E-state index is 12.2. The molecule has 0 atom stereocenters. The molecule has 0 bridgehead atoms. The van der Waals surface area contributed by atoms with Crippen LogP contribution >= 0.6 is 0 Å². The fraction of sp³-hybridized carbons (Fsp3) is 0.375. The van der Waals surface area contributed by atoms with Crippen LogP contribution in [0.2, 0.25) is 0 Å². The first-order valence-electron chi connectivity index (χ1n) is 8.14. The van der Waals surface area contributed by atoms with Gasteiger partial charge < -0.3 is 10.1 Å². The number of amides is 1. The Kier molecular flexibility index (Phi) is 6.06. The summed E-state index contributed by atoms with van der Waals surface area (Å²) in [6.07, 6.45) is -0.0521. The normalized spacial score (nSPS) is 10.5. The molecule has 0 fully saturated rings. The Balaban J connectivity index is 2.09. The number of nitrogens with zero attached hydrogens (tertiary/aromatic N) is 4. The van der Waals surface area contributed by atoms with E-state index in [1.807, 2.05) is 0 Å². The van der Waals surface area contributed by atoms with Gasteiger partial charge in [0.2, 0.25) is 5.91 Å². The summed E-state index contributed by atoms with van der Waals surface area (Å²) < 4.78 is 6.60. The van der Waals surface area contributed by atoms with Gasteiger partial charge in [0.25, 0.3) is 5.69 Å². The van der Waals surface area contributed by atoms with E-state index in [2.05, 4.69) is 10.4 Å². The SMILES string of the molecule is CCOc1ccc(NC(=O)CCn2nc(C)c([N+](=O)[O-])c2C)c([N+](=O)[O-])c1. The molecule has 1 N–H and O–H groups in total. The predicted molar refractivity (Wildman–Crippen MR) is 95.9 cm³/mol. The first-order valence-corrected chi connectivity index (χ1v) is 8.14. The van der Waals surface area contributed by atoms with E-state index >= 15 is 0 Å². The van der Waals surface area contributed by atoms with Gasteiger partial charge in [0.15, 0.2) is 0 Å². The van der Waals surface area contributed by atoms with Gasteiger partial charge in [-0.3, -0.25) is 29.7 Å². The van der Waals surface area contributed by atoms with E-state index in [0.29, 0.717) is 18.1 Å². The molecule has 11 heteroatoms. The van der Waals surface area contributed by atoms with Gasteiger partial charge in [-0.25, -0.2) is 0 Å². The first kappa shape index (κ1) is 19.8. The van der Waals surface area contributed by atoms with Crippen LogP contribution in [0, 0.1) is 34.1 Å². The minimum absolute atomic E-state index is 0.0489. The minimum atomic E-state index is -0.609. The topological polar surface area (TPSA) is 142 Å². The minimum Gasteiger partial charge on any atom is -0.494 e. The van der Waals surface area contributed by atoms with Crippen molar-refractivity contribution < 1.29 is 19.4 Å². The van der Waals surface area contributed by atoms with Crippen molar-refractivity contribution in [2.24, 2.45) is 0 Å². The number of carbonyl (C=O) groups is 1. The molecule has 1 aromatic heterocycles. The molecule has 27 heavy (non-hydrogen) atoms. The van der Waals surface area contributed by atoms with Crippen LogP contribution in [0.25, 0.3) is 0 Å². The summed E-state index contributed by atoms with van der Waals surface area (Å²) in [6, 6.07) is 4.16. The lowest BCUT2D eigenvalue weighted by molar-refractivity contribution is -0.386. The number of aryl methyl sites for hydroxylation is 2. The molecular formula is C16H19N5O6. The van der Waals surface area contributed by atoms with E-state index in [1.54, 1.807) is 13.8 Å². The van der Waals surface area contributed by atoms with E-state index in [-0.39, 0.29) is 35.7 Å². The third-order valence-corrected chi connectivity index (χ3v) is 3.83. The highest BCUT2D eigenvalue weighted by molar-refractivity contribution is 5.93. The highest BCUT2D eigenvalue weighted by atomic mass is 16.6. The first-order chi connectivity index (χ1) is 12.7. The van der Waals surface area contributed by atoms with E-state index in [9.17, 15) is 25.0 Å². The van der Waals surface area contributed by atoms with E-state index < -0.39 is 15.8 Å². The maximum absolute atomic E-state index is 12.2. The zero-order valence-electron chi connectivity index (χ0n) is 15.1. The van der Waals surface area contributed by atoms with Crippen LogP contribution in [-0.4, -0.2) is 32.1 Å². The van der Waals surface area contributed by atoms with Gasteiger partial charge in [-0.2, -0.15) is 5.10 Å². The summed E-state index contributed by atoms with van der Waals surface area (Å²) in [4.78, 5) is 33.3. The Hall–Kier alpha value is -3.50. The zero-order chi connectivity index (χ0) is 20.1. The summed E-state index contributed by atoms with van der Waals surface area (Å²) in [7, 11) is 0. The van der Waals surface area contributed by atoms with E-state index in [1.165, 1.54) is 29.8 Å². The lowest BCUT2D eigenvalue weighted by Gasteiger charge is -2.09. The number of nitrogens with one attached hydrogen (secondary N) is 1. The molecular weight excluding hydrogens is 358 g/mol. The molecule has 0 saturated heterocycles. The van der Waals surface area contributed by atoms with E-state index in [0.717, 1.165) is 0 Å². The van der Waals surface area contributed by atoms with Crippen LogP contribution in [0.15, 0.2) is 18.2 Å². The zero-order valence-corrected chi connectivity index (χ0v) is 15.1. The Labute approximate surface area is 154 Å². The average Bonchev–Trinajstić information content (AvgIpc) is 2.88. The molecule has 0 radical (unpaired) electrons. The van der Waals surface area contributed by atoms with Crippen LogP contribution in [0.5, 0.6) is 5.75 Å². The number of ether oxygens (including phenoxy) is 1. The molecule has 11 nitrogen and oxygen atoms in total. The van der Waals surface area contributed by atoms with E-state index in [4.69, 9.17) is 4.74 Å². The lowest BCUT2D eigenvalue weighted by atomic mass is 10.2. The van der Waals surface area contributed by atoms with Crippen molar-refractivity contribution in [3.8, 4) is 5.75 Å². The third kappa shape index (κ3) is 4.57. The molecule has 0 saturated carbocycles. The van der Waals surface area contributed by atoms with Gasteiger partial charge in [-0.05, 0) is 32.9 Å². The summed E-state index contributed by atoms with van der Waals surface area (Å²) in [5.74, 6) is -0.144. The fourth-order valence-corrected chi connectivity index (χ4v) is 2.61. The standard InChI is InChI=1S/C16H19N5O6/c1-4-27-12-5-6-13(14(9-12)20(23)24)17-15(22)7-8-19-11(3)16(21(25)26)10(2)18-19/h5-6,9H,4,7-8H2,1-3H3,(H,17,22). The number of hydrogen-bond donors (Lipinski definition) is 1. The van der Waals surface area contributed by atoms with Gasteiger partial charge >= 0.3 is 5.69 Å². The van der Waals surface area contributed by atoms with Crippen molar-refractivity contribution in [2.75, 3.05) is 11.9 Å². The summed E-state index contributed by atoms with van der Waals surface area (Å²) >= 11 is 0. The summed E-state index contributed by atoms with van der Waals surface area (Å²) in [6.45, 7) is 5.29. The third-order valence-electron chi connectivity index (χ3n) is 3.83. The monoisotopic (exact) mass is 377 g/mol. The summed E-state index contributed by atoms with van der Waals surface area (Å²) in [5, 5.41) is 28.8. The van der Waals surface area contributed by atoms with Gasteiger partial charge in [-0.1, -0.05) is 0 Å². The molecule has 144 valence electrons. The van der Waals surface area contributed by atoms with Crippen molar-refractivity contribution in [3.05, 3.63) is 49.8 Å². The highest BCUT2D eigenvalue weighted by Gasteiger charge is 2.22. The number of rotatable bonds is 8. The molecule has 1 aromatic carbocycles. The molecule has 0 unspecified atom stereocenters. The van der Waals surface area contributed by atoms with Crippen molar-refractivity contribution in [3.63, 3.8) is 0 Å². The lowest BCUT2D eigenvalue weighted by Crippen LogP contribution is -2.16. The number of carbonyl (C=O) groups excluding carboxylic acids is 1. The maximum Gasteiger partial charge on any atom is 0.312 e. The van der Waals surface area contributed by atoms with Crippen molar-refractivity contribution >= 4 is 23.0 Å². The molecule has 0 aliphatic carbocycles. The van der Waals surface area contributed by atoms with Crippen molar-refractivity contribution in [2.45, 2.75) is 33.7 Å². The van der Waals surface area contributed by atoms with Gasteiger partial charge in [0.1, 0.15) is 22.8 Å². The molecule has 0 aliphatic rings. The second-order valence-electron chi connectivity index (χ2n) is 5.67. The van der Waals surface area contributed by atoms with Crippen LogP contribution in [0.1, 0.15) is 24.7 Å². The second-order valence-corrected chi connectivity index (χ2v) is 5.67. The number of hydrogen-bond acceptors (Lipinski definition) is 7. The Morgan fingerprint density at radius 1 is 1.26 bits per heavy atom. The van der Waals surface area contributed by atoms with Crippen LogP contribution < -0.4 is 10.1 Å². The molecule has 0 aliphatic heterocycles. The molecule has 1 amide bonds. The predicted octanol–water partition coefficient (Wildman–Crippen LogP) is 2.74. The molecule has 0 spiro atoms. The highest BCUT2D eigenvalue weighted by Crippen LogP contribution is 2.29. The number of anilines is 1. The fourth-order valence-electron chi connectivity index (χ4n) is 2.61. The molecule has 2 aromatic rings. The number of nitro benzene ring substituents is 1. The van der Waals surface area contributed by atoms with Crippen LogP contribution in [0.4, 0.5) is 17.1 Å². The van der Waals surface area contributed by atoms with Gasteiger partial charge in [-0.15, -0.1) is 0 Å². The number of nitro groups is 2. The quantitative estimate of drug-likeness (QED) is 0.550. The molecule has 2 rings (SSSR count). The van der Waals surface area contributed by atoms with Crippen molar-refractivity contribution in [1.82, 2.24) is 9.78 Å². The smallest absolute Gasteiger partial charge is 0.312 e.